The number of rotatable bonds is 5. The van der Waals surface area contributed by atoms with Gasteiger partial charge in [-0.3, -0.25) is 4.98 Å². The maximum atomic E-state index is 12.1. The third-order valence-electron chi connectivity index (χ3n) is 3.50. The van der Waals surface area contributed by atoms with E-state index < -0.39 is 10.2 Å². The Morgan fingerprint density at radius 3 is 2.81 bits per heavy atom. The van der Waals surface area contributed by atoms with Crippen LogP contribution in [0.15, 0.2) is 35.2 Å². The zero-order chi connectivity index (χ0) is 14.7. The molecular formula is C14H17N3O2S2. The molecule has 1 N–H and O–H groups in total. The second-order valence-electron chi connectivity index (χ2n) is 4.99. The molecule has 0 bridgehead atoms. The SMILES string of the molecule is O=S(=O)(NCc1ccnc(-c2ccsc2)c1)N1CCCC1. The van der Waals surface area contributed by atoms with E-state index in [2.05, 4.69) is 9.71 Å². The van der Waals surface area contributed by atoms with E-state index in [4.69, 9.17) is 0 Å². The van der Waals surface area contributed by atoms with Gasteiger partial charge in [0.15, 0.2) is 0 Å². The predicted molar refractivity (Wildman–Crippen MR) is 84.1 cm³/mol. The molecule has 0 radical (unpaired) electrons. The van der Waals surface area contributed by atoms with Crippen molar-refractivity contribution in [3.8, 4) is 11.3 Å². The van der Waals surface area contributed by atoms with Crippen molar-refractivity contribution in [2.45, 2.75) is 19.4 Å². The van der Waals surface area contributed by atoms with E-state index in [1.54, 1.807) is 17.5 Å². The van der Waals surface area contributed by atoms with Crippen molar-refractivity contribution >= 4 is 21.5 Å². The molecule has 0 amide bonds. The van der Waals surface area contributed by atoms with E-state index in [0.717, 1.165) is 29.7 Å². The fraction of sp³-hybridized carbons (Fsp3) is 0.357. The average molecular weight is 323 g/mol. The lowest BCUT2D eigenvalue weighted by Gasteiger charge is -2.16. The van der Waals surface area contributed by atoms with Crippen LogP contribution in [0.3, 0.4) is 0 Å². The van der Waals surface area contributed by atoms with Crippen LogP contribution in [-0.4, -0.2) is 30.8 Å². The minimum absolute atomic E-state index is 0.290. The zero-order valence-corrected chi connectivity index (χ0v) is 13.2. The minimum atomic E-state index is -3.36. The Morgan fingerprint density at radius 1 is 1.29 bits per heavy atom. The topological polar surface area (TPSA) is 62.3 Å². The molecule has 0 unspecified atom stereocenters. The van der Waals surface area contributed by atoms with Crippen LogP contribution in [0.1, 0.15) is 18.4 Å². The first-order valence-electron chi connectivity index (χ1n) is 6.87. The first-order valence-corrected chi connectivity index (χ1v) is 9.26. The van der Waals surface area contributed by atoms with Crippen molar-refractivity contribution in [1.82, 2.24) is 14.0 Å². The first-order chi connectivity index (χ1) is 10.1. The average Bonchev–Trinajstić information content (AvgIpc) is 3.18. The summed E-state index contributed by atoms with van der Waals surface area (Å²) in [7, 11) is -3.36. The van der Waals surface area contributed by atoms with Crippen LogP contribution in [0, 0.1) is 0 Å². The highest BCUT2D eigenvalue weighted by atomic mass is 32.2. The third-order valence-corrected chi connectivity index (χ3v) is 5.74. The fourth-order valence-electron chi connectivity index (χ4n) is 2.35. The molecule has 1 aliphatic rings. The number of nitrogens with one attached hydrogen (secondary N) is 1. The van der Waals surface area contributed by atoms with Crippen LogP contribution in [0.2, 0.25) is 0 Å². The van der Waals surface area contributed by atoms with E-state index >= 15 is 0 Å². The van der Waals surface area contributed by atoms with Gasteiger partial charge in [0.2, 0.25) is 0 Å². The maximum absolute atomic E-state index is 12.1. The smallest absolute Gasteiger partial charge is 0.256 e. The Morgan fingerprint density at radius 2 is 2.10 bits per heavy atom. The van der Waals surface area contributed by atoms with Gasteiger partial charge in [-0.05, 0) is 42.0 Å². The molecule has 21 heavy (non-hydrogen) atoms. The van der Waals surface area contributed by atoms with Gasteiger partial charge in [-0.15, -0.1) is 0 Å². The summed E-state index contributed by atoms with van der Waals surface area (Å²) >= 11 is 1.62. The molecule has 3 rings (SSSR count). The van der Waals surface area contributed by atoms with E-state index in [1.165, 1.54) is 4.31 Å². The molecule has 1 fully saturated rings. The van der Waals surface area contributed by atoms with Gasteiger partial charge in [0.05, 0.1) is 5.69 Å². The van der Waals surface area contributed by atoms with Crippen molar-refractivity contribution in [3.05, 3.63) is 40.7 Å². The summed E-state index contributed by atoms with van der Waals surface area (Å²) in [6, 6.07) is 5.77. The molecule has 1 saturated heterocycles. The molecule has 0 atom stereocenters. The van der Waals surface area contributed by atoms with Crippen LogP contribution >= 0.6 is 11.3 Å². The van der Waals surface area contributed by atoms with Crippen LogP contribution in [0.4, 0.5) is 0 Å². The highest BCUT2D eigenvalue weighted by Crippen LogP contribution is 2.20. The van der Waals surface area contributed by atoms with Crippen molar-refractivity contribution < 1.29 is 8.42 Å². The zero-order valence-electron chi connectivity index (χ0n) is 11.5. The first kappa shape index (κ1) is 14.6. The fourth-order valence-corrected chi connectivity index (χ4v) is 4.27. The minimum Gasteiger partial charge on any atom is -0.256 e. The van der Waals surface area contributed by atoms with Gasteiger partial charge in [-0.25, -0.2) is 0 Å². The quantitative estimate of drug-likeness (QED) is 0.918. The Bertz CT molecular complexity index is 693. The number of hydrogen-bond acceptors (Lipinski definition) is 4. The molecule has 2 aromatic rings. The Labute approximate surface area is 128 Å². The lowest BCUT2D eigenvalue weighted by Crippen LogP contribution is -2.38. The highest BCUT2D eigenvalue weighted by Gasteiger charge is 2.24. The Kier molecular flexibility index (Phi) is 4.34. The van der Waals surface area contributed by atoms with E-state index in [-0.39, 0.29) is 0 Å². The normalized spacial score (nSPS) is 16.4. The second kappa shape index (κ2) is 6.23. The van der Waals surface area contributed by atoms with Gasteiger partial charge in [0, 0.05) is 36.8 Å². The molecule has 0 spiro atoms. The summed E-state index contributed by atoms with van der Waals surface area (Å²) in [6.45, 7) is 1.52. The van der Waals surface area contributed by atoms with Gasteiger partial charge < -0.3 is 0 Å². The standard InChI is InChI=1S/C14H17N3O2S2/c18-21(19,17-6-1-2-7-17)16-10-12-3-5-15-14(9-12)13-4-8-20-11-13/h3-5,8-9,11,16H,1-2,6-7,10H2. The van der Waals surface area contributed by atoms with Crippen molar-refractivity contribution in [3.63, 3.8) is 0 Å². The molecule has 5 nitrogen and oxygen atoms in total. The van der Waals surface area contributed by atoms with Crippen molar-refractivity contribution in [2.24, 2.45) is 0 Å². The maximum Gasteiger partial charge on any atom is 0.279 e. The monoisotopic (exact) mass is 323 g/mol. The number of aromatic nitrogens is 1. The summed E-state index contributed by atoms with van der Waals surface area (Å²) in [5.74, 6) is 0. The van der Waals surface area contributed by atoms with Gasteiger partial charge in [0.25, 0.3) is 10.2 Å². The van der Waals surface area contributed by atoms with Crippen LogP contribution in [0.5, 0.6) is 0 Å². The van der Waals surface area contributed by atoms with Gasteiger partial charge in [-0.2, -0.15) is 28.8 Å². The van der Waals surface area contributed by atoms with Crippen LogP contribution in [0.25, 0.3) is 11.3 Å². The number of thiophene rings is 1. The summed E-state index contributed by atoms with van der Waals surface area (Å²) in [6.07, 6.45) is 3.60. The summed E-state index contributed by atoms with van der Waals surface area (Å²) < 4.78 is 28.4. The summed E-state index contributed by atoms with van der Waals surface area (Å²) in [5.41, 5.74) is 2.84. The van der Waals surface area contributed by atoms with Gasteiger partial charge >= 0.3 is 0 Å². The molecule has 0 aromatic carbocycles. The van der Waals surface area contributed by atoms with E-state index in [1.807, 2.05) is 29.0 Å². The summed E-state index contributed by atoms with van der Waals surface area (Å²) in [4.78, 5) is 4.32. The Hall–Kier alpha value is -1.28. The van der Waals surface area contributed by atoms with Crippen LogP contribution in [-0.2, 0) is 16.8 Å². The van der Waals surface area contributed by atoms with Gasteiger partial charge in [-0.1, -0.05) is 0 Å². The molecule has 112 valence electrons. The number of nitrogens with zero attached hydrogens (tertiary/aromatic N) is 2. The van der Waals surface area contributed by atoms with Crippen LogP contribution < -0.4 is 4.72 Å². The molecule has 2 aromatic heterocycles. The lowest BCUT2D eigenvalue weighted by molar-refractivity contribution is 0.464. The molecule has 0 aliphatic carbocycles. The Balaban J connectivity index is 1.69. The molecule has 7 heteroatoms. The van der Waals surface area contributed by atoms with E-state index in [9.17, 15) is 8.42 Å². The molecule has 0 saturated carbocycles. The van der Waals surface area contributed by atoms with E-state index in [0.29, 0.717) is 19.6 Å². The van der Waals surface area contributed by atoms with Gasteiger partial charge in [0.1, 0.15) is 0 Å². The predicted octanol–water partition coefficient (Wildman–Crippen LogP) is 2.24. The molecule has 1 aliphatic heterocycles. The number of hydrogen-bond donors (Lipinski definition) is 1. The molecular weight excluding hydrogens is 306 g/mol. The second-order valence-corrected chi connectivity index (χ2v) is 7.53. The van der Waals surface area contributed by atoms with Crippen molar-refractivity contribution in [2.75, 3.05) is 13.1 Å². The largest absolute Gasteiger partial charge is 0.279 e. The van der Waals surface area contributed by atoms with Crippen molar-refractivity contribution in [1.29, 1.82) is 0 Å². The lowest BCUT2D eigenvalue weighted by atomic mass is 10.1. The highest BCUT2D eigenvalue weighted by molar-refractivity contribution is 7.87. The third kappa shape index (κ3) is 3.49. The number of pyridine rings is 1. The molecule has 3 heterocycles. The summed E-state index contributed by atoms with van der Waals surface area (Å²) in [5, 5.41) is 4.03.